The Morgan fingerprint density at radius 3 is 2.77 bits per heavy atom. The molecule has 2 heterocycles. The minimum absolute atomic E-state index is 0.388. The molecule has 0 saturated heterocycles. The van der Waals surface area contributed by atoms with Crippen molar-refractivity contribution in [2.75, 3.05) is 0 Å². The summed E-state index contributed by atoms with van der Waals surface area (Å²) in [5.74, 6) is -0.867. The molecule has 0 bridgehead atoms. The number of rotatable bonds is 2. The Bertz CT molecular complexity index is 1180. The number of hydrogen-bond donors (Lipinski definition) is 3. The minimum Gasteiger partial charge on any atom is -0.370 e. The summed E-state index contributed by atoms with van der Waals surface area (Å²) in [6.45, 7) is 0. The lowest BCUT2D eigenvalue weighted by atomic mass is 10.1. The highest BCUT2D eigenvalue weighted by molar-refractivity contribution is 6.31. The third-order valence-corrected chi connectivity index (χ3v) is 4.38. The second kappa shape index (κ2) is 6.16. The molecule has 1 amide bonds. The number of para-hydroxylation sites is 1. The first kappa shape index (κ1) is 16.1. The van der Waals surface area contributed by atoms with Crippen LogP contribution in [-0.4, -0.2) is 21.4 Å². The number of benzene rings is 2. The SMILES string of the molecule is N=C(N)NC(=O)c1cn(-c2ccnc3ccccc23)c2ccc(Cl)cc12. The van der Waals surface area contributed by atoms with E-state index < -0.39 is 11.9 Å². The smallest absolute Gasteiger partial charge is 0.260 e. The molecule has 0 radical (unpaired) electrons. The Kier molecular flexibility index (Phi) is 3.82. The molecule has 26 heavy (non-hydrogen) atoms. The number of nitrogens with zero attached hydrogens (tertiary/aromatic N) is 2. The first-order valence-corrected chi connectivity index (χ1v) is 8.22. The van der Waals surface area contributed by atoms with E-state index in [-0.39, 0.29) is 0 Å². The van der Waals surface area contributed by atoms with Gasteiger partial charge in [0, 0.05) is 28.2 Å². The molecule has 128 valence electrons. The van der Waals surface area contributed by atoms with Gasteiger partial charge in [-0.15, -0.1) is 0 Å². The molecule has 0 atom stereocenters. The van der Waals surface area contributed by atoms with Crippen LogP contribution < -0.4 is 11.1 Å². The standard InChI is InChI=1S/C19H14ClN5O/c20-11-5-6-16-13(9-11)14(18(26)24-19(21)22)10-25(16)17-7-8-23-15-4-2-1-3-12(15)17/h1-10H,(H4,21,22,24,26). The zero-order valence-corrected chi connectivity index (χ0v) is 14.3. The second-order valence-corrected chi connectivity index (χ2v) is 6.23. The van der Waals surface area contributed by atoms with Gasteiger partial charge in [0.15, 0.2) is 5.96 Å². The van der Waals surface area contributed by atoms with Gasteiger partial charge in [-0.3, -0.25) is 20.5 Å². The van der Waals surface area contributed by atoms with Crippen LogP contribution in [-0.2, 0) is 0 Å². The Morgan fingerprint density at radius 2 is 1.96 bits per heavy atom. The lowest BCUT2D eigenvalue weighted by molar-refractivity contribution is 0.0978. The van der Waals surface area contributed by atoms with Crippen LogP contribution in [0.25, 0.3) is 27.5 Å². The Labute approximate surface area is 153 Å². The van der Waals surface area contributed by atoms with Gasteiger partial charge in [0.05, 0.1) is 22.3 Å². The maximum atomic E-state index is 12.5. The van der Waals surface area contributed by atoms with Crippen LogP contribution >= 0.6 is 11.6 Å². The highest BCUT2D eigenvalue weighted by atomic mass is 35.5. The summed E-state index contributed by atoms with van der Waals surface area (Å²) in [6.07, 6.45) is 3.45. The molecular weight excluding hydrogens is 350 g/mol. The molecule has 4 aromatic rings. The molecule has 2 aromatic carbocycles. The summed E-state index contributed by atoms with van der Waals surface area (Å²) in [4.78, 5) is 16.9. The van der Waals surface area contributed by atoms with E-state index in [9.17, 15) is 4.79 Å². The normalized spacial score (nSPS) is 11.0. The predicted octanol–water partition coefficient (Wildman–Crippen LogP) is 3.46. The fourth-order valence-electron chi connectivity index (χ4n) is 3.06. The molecule has 4 rings (SSSR count). The molecule has 0 saturated carbocycles. The van der Waals surface area contributed by atoms with Crippen LogP contribution in [0.1, 0.15) is 10.4 Å². The molecule has 7 heteroatoms. The average molecular weight is 364 g/mol. The number of hydrogen-bond acceptors (Lipinski definition) is 3. The number of halogens is 1. The molecule has 0 aliphatic rings. The number of fused-ring (bicyclic) bond motifs is 2. The van der Waals surface area contributed by atoms with E-state index in [1.807, 2.05) is 41.0 Å². The van der Waals surface area contributed by atoms with Crippen LogP contribution in [0.2, 0.25) is 5.02 Å². The van der Waals surface area contributed by atoms with E-state index in [0.29, 0.717) is 16.0 Å². The highest BCUT2D eigenvalue weighted by Crippen LogP contribution is 2.30. The summed E-state index contributed by atoms with van der Waals surface area (Å²) in [5.41, 5.74) is 8.26. The van der Waals surface area contributed by atoms with E-state index in [2.05, 4.69) is 10.3 Å². The van der Waals surface area contributed by atoms with Crippen molar-refractivity contribution in [2.24, 2.45) is 5.73 Å². The molecule has 4 N–H and O–H groups in total. The number of carbonyl (C=O) groups is 1. The van der Waals surface area contributed by atoms with Crippen LogP contribution in [0.15, 0.2) is 60.9 Å². The molecule has 0 unspecified atom stereocenters. The summed E-state index contributed by atoms with van der Waals surface area (Å²) in [6, 6.07) is 15.0. The second-order valence-electron chi connectivity index (χ2n) is 5.79. The van der Waals surface area contributed by atoms with Crippen molar-refractivity contribution >= 4 is 45.3 Å². The van der Waals surface area contributed by atoms with Gasteiger partial charge >= 0.3 is 0 Å². The Hall–Kier alpha value is -3.38. The summed E-state index contributed by atoms with van der Waals surface area (Å²) >= 11 is 6.13. The highest BCUT2D eigenvalue weighted by Gasteiger charge is 2.18. The number of guanidine groups is 1. The first-order chi connectivity index (χ1) is 12.5. The van der Waals surface area contributed by atoms with E-state index in [1.54, 1.807) is 24.5 Å². The summed E-state index contributed by atoms with van der Waals surface area (Å²) in [7, 11) is 0. The van der Waals surface area contributed by atoms with Crippen LogP contribution in [0.5, 0.6) is 0 Å². The van der Waals surface area contributed by atoms with Crippen molar-refractivity contribution in [2.45, 2.75) is 0 Å². The zero-order chi connectivity index (χ0) is 18.3. The topological polar surface area (TPSA) is 96.8 Å². The molecule has 2 aromatic heterocycles. The van der Waals surface area contributed by atoms with Gasteiger partial charge in [-0.05, 0) is 30.3 Å². The zero-order valence-electron chi connectivity index (χ0n) is 13.5. The number of nitrogens with one attached hydrogen (secondary N) is 2. The predicted molar refractivity (Wildman–Crippen MR) is 103 cm³/mol. The van der Waals surface area contributed by atoms with Crippen molar-refractivity contribution < 1.29 is 4.79 Å². The van der Waals surface area contributed by atoms with Gasteiger partial charge < -0.3 is 10.3 Å². The van der Waals surface area contributed by atoms with Gasteiger partial charge in [0.1, 0.15) is 0 Å². The van der Waals surface area contributed by atoms with Gasteiger partial charge in [0.25, 0.3) is 5.91 Å². The lowest BCUT2D eigenvalue weighted by Gasteiger charge is -2.09. The minimum atomic E-state index is -0.457. The molecule has 0 spiro atoms. The van der Waals surface area contributed by atoms with Crippen LogP contribution in [0.3, 0.4) is 0 Å². The first-order valence-electron chi connectivity index (χ1n) is 7.85. The Balaban J connectivity index is 2.01. The monoisotopic (exact) mass is 363 g/mol. The van der Waals surface area contributed by atoms with Gasteiger partial charge in [-0.1, -0.05) is 29.8 Å². The number of nitrogens with two attached hydrogens (primary N) is 1. The van der Waals surface area contributed by atoms with Crippen molar-refractivity contribution in [1.29, 1.82) is 5.41 Å². The third-order valence-electron chi connectivity index (χ3n) is 4.14. The molecule has 6 nitrogen and oxygen atoms in total. The maximum absolute atomic E-state index is 12.5. The van der Waals surface area contributed by atoms with Crippen molar-refractivity contribution in [1.82, 2.24) is 14.9 Å². The molecule has 0 aliphatic carbocycles. The largest absolute Gasteiger partial charge is 0.370 e. The maximum Gasteiger partial charge on any atom is 0.260 e. The van der Waals surface area contributed by atoms with Crippen molar-refractivity contribution in [3.63, 3.8) is 0 Å². The lowest BCUT2D eigenvalue weighted by Crippen LogP contribution is -2.35. The van der Waals surface area contributed by atoms with Gasteiger partial charge in [0.2, 0.25) is 0 Å². The van der Waals surface area contributed by atoms with E-state index >= 15 is 0 Å². The van der Waals surface area contributed by atoms with Crippen LogP contribution in [0.4, 0.5) is 0 Å². The molecule has 0 fully saturated rings. The number of aromatic nitrogens is 2. The van der Waals surface area contributed by atoms with Crippen LogP contribution in [0, 0.1) is 5.41 Å². The molecular formula is C19H14ClN5O. The van der Waals surface area contributed by atoms with Gasteiger partial charge in [-0.2, -0.15) is 0 Å². The van der Waals surface area contributed by atoms with E-state index in [4.69, 9.17) is 22.7 Å². The number of amides is 1. The molecule has 0 aliphatic heterocycles. The van der Waals surface area contributed by atoms with Gasteiger partial charge in [-0.25, -0.2) is 0 Å². The number of carbonyl (C=O) groups excluding carboxylic acids is 1. The quantitative estimate of drug-likeness (QED) is 0.376. The third kappa shape index (κ3) is 2.66. The van der Waals surface area contributed by atoms with E-state index in [1.165, 1.54) is 0 Å². The van der Waals surface area contributed by atoms with Crippen molar-refractivity contribution in [3.8, 4) is 5.69 Å². The van der Waals surface area contributed by atoms with Crippen molar-refractivity contribution in [3.05, 3.63) is 71.5 Å². The fraction of sp³-hybridized carbons (Fsp3) is 0. The van der Waals surface area contributed by atoms with E-state index in [0.717, 1.165) is 22.1 Å². The number of pyridine rings is 1. The summed E-state index contributed by atoms with van der Waals surface area (Å²) in [5, 5.41) is 11.8. The summed E-state index contributed by atoms with van der Waals surface area (Å²) < 4.78 is 1.92. The average Bonchev–Trinajstić information content (AvgIpc) is 2.99. The fourth-order valence-corrected chi connectivity index (χ4v) is 3.24. The Morgan fingerprint density at radius 1 is 1.15 bits per heavy atom.